The second-order valence-electron chi connectivity index (χ2n) is 4.90. The first-order chi connectivity index (χ1) is 9.00. The molecule has 5 heteroatoms. The van der Waals surface area contributed by atoms with Crippen molar-refractivity contribution >= 4 is 17.5 Å². The van der Waals surface area contributed by atoms with Crippen molar-refractivity contribution in [2.45, 2.75) is 31.3 Å². The van der Waals surface area contributed by atoms with E-state index in [1.54, 1.807) is 6.07 Å². The van der Waals surface area contributed by atoms with Gasteiger partial charge in [-0.3, -0.25) is 4.79 Å². The zero-order valence-electron chi connectivity index (χ0n) is 10.7. The Morgan fingerprint density at radius 2 is 2.21 bits per heavy atom. The van der Waals surface area contributed by atoms with Crippen molar-refractivity contribution in [3.63, 3.8) is 0 Å². The summed E-state index contributed by atoms with van der Waals surface area (Å²) in [6.07, 6.45) is 0.219. The number of amides is 1. The highest BCUT2D eigenvalue weighted by Crippen LogP contribution is 2.49. The van der Waals surface area contributed by atoms with Gasteiger partial charge in [0.25, 0.3) is 0 Å². The minimum atomic E-state index is -1.60. The van der Waals surface area contributed by atoms with Crippen molar-refractivity contribution < 1.29 is 13.6 Å². The zero-order chi connectivity index (χ0) is 14.0. The van der Waals surface area contributed by atoms with Crippen molar-refractivity contribution in [1.29, 1.82) is 0 Å². The predicted octanol–water partition coefficient (Wildman–Crippen LogP) is 3.28. The third kappa shape index (κ3) is 2.73. The van der Waals surface area contributed by atoms with Crippen LogP contribution in [0.15, 0.2) is 18.2 Å². The predicted molar refractivity (Wildman–Crippen MR) is 70.2 cm³/mol. The van der Waals surface area contributed by atoms with Gasteiger partial charge in [0.05, 0.1) is 5.88 Å². The van der Waals surface area contributed by atoms with E-state index in [9.17, 15) is 13.6 Å². The number of carbonyl (C=O) groups is 1. The van der Waals surface area contributed by atoms with Crippen LogP contribution in [0.2, 0.25) is 0 Å². The van der Waals surface area contributed by atoms with Crippen LogP contribution in [-0.2, 0) is 16.3 Å². The molecule has 1 aliphatic carbocycles. The maximum Gasteiger partial charge on any atom is 0.223 e. The largest absolute Gasteiger partial charge is 0.356 e. The minimum Gasteiger partial charge on any atom is -0.356 e. The van der Waals surface area contributed by atoms with Gasteiger partial charge in [-0.2, -0.15) is 0 Å². The van der Waals surface area contributed by atoms with Gasteiger partial charge in [0, 0.05) is 18.0 Å². The Balaban J connectivity index is 2.08. The molecule has 1 amide bonds. The summed E-state index contributed by atoms with van der Waals surface area (Å²) >= 11 is 5.56. The highest BCUT2D eigenvalue weighted by Gasteiger charge is 2.49. The summed E-state index contributed by atoms with van der Waals surface area (Å²) in [5, 5.41) is 2.67. The normalized spacial score (nSPS) is 25.8. The molecular formula is C14H16ClF2NO. The van der Waals surface area contributed by atoms with Crippen LogP contribution in [0.5, 0.6) is 0 Å². The number of hydrogen-bond acceptors (Lipinski definition) is 1. The first-order valence-corrected chi connectivity index (χ1v) is 6.85. The molecule has 2 nitrogen and oxygen atoms in total. The van der Waals surface area contributed by atoms with Crippen molar-refractivity contribution in [2.24, 2.45) is 5.92 Å². The molecule has 0 spiro atoms. The molecule has 0 bridgehead atoms. The summed E-state index contributed by atoms with van der Waals surface area (Å²) in [5.41, 5.74) is -0.949. The lowest BCUT2D eigenvalue weighted by atomic mass is 9.68. The molecule has 1 fully saturated rings. The van der Waals surface area contributed by atoms with Crippen LogP contribution in [0.4, 0.5) is 8.78 Å². The lowest BCUT2D eigenvalue weighted by Gasteiger charge is -2.40. The minimum absolute atomic E-state index is 0.0624. The van der Waals surface area contributed by atoms with Gasteiger partial charge in [-0.25, -0.2) is 8.78 Å². The lowest BCUT2D eigenvalue weighted by molar-refractivity contribution is -0.134. The highest BCUT2D eigenvalue weighted by atomic mass is 35.5. The standard InChI is InChI=1S/C14H16ClF2NO/c1-2-18-13(19)10-6-14(17,7-10)11-4-3-9(8-15)12(16)5-11/h3-5,10H,2,6-8H2,1H3,(H,18,19). The Bertz CT molecular complexity index is 486. The summed E-state index contributed by atoms with van der Waals surface area (Å²) < 4.78 is 28.1. The third-order valence-electron chi connectivity index (χ3n) is 3.58. The molecule has 1 aliphatic rings. The fraction of sp³-hybridized carbons (Fsp3) is 0.500. The van der Waals surface area contributed by atoms with E-state index in [0.29, 0.717) is 17.7 Å². The number of nitrogens with one attached hydrogen (secondary N) is 1. The van der Waals surface area contributed by atoms with Crippen molar-refractivity contribution in [3.05, 3.63) is 35.1 Å². The molecule has 0 atom stereocenters. The van der Waals surface area contributed by atoms with E-state index in [-0.39, 0.29) is 30.5 Å². The lowest BCUT2D eigenvalue weighted by Crippen LogP contribution is -2.45. The fourth-order valence-corrected chi connectivity index (χ4v) is 2.61. The number of benzene rings is 1. The zero-order valence-corrected chi connectivity index (χ0v) is 11.4. The number of carbonyl (C=O) groups excluding carboxylic acids is 1. The van der Waals surface area contributed by atoms with Crippen LogP contribution in [0.3, 0.4) is 0 Å². The quantitative estimate of drug-likeness (QED) is 0.846. The summed E-state index contributed by atoms with van der Waals surface area (Å²) in [6.45, 7) is 2.35. The van der Waals surface area contributed by atoms with Gasteiger partial charge in [-0.1, -0.05) is 12.1 Å². The van der Waals surface area contributed by atoms with Crippen LogP contribution in [0.1, 0.15) is 30.9 Å². The van der Waals surface area contributed by atoms with E-state index in [2.05, 4.69) is 5.32 Å². The van der Waals surface area contributed by atoms with Gasteiger partial charge in [0.15, 0.2) is 0 Å². The Morgan fingerprint density at radius 3 is 2.74 bits per heavy atom. The van der Waals surface area contributed by atoms with E-state index < -0.39 is 11.5 Å². The Hall–Kier alpha value is -1.16. The van der Waals surface area contributed by atoms with Gasteiger partial charge in [-0.15, -0.1) is 11.6 Å². The second kappa shape index (κ2) is 5.45. The van der Waals surface area contributed by atoms with Crippen LogP contribution >= 0.6 is 11.6 Å². The smallest absolute Gasteiger partial charge is 0.223 e. The molecule has 104 valence electrons. The van der Waals surface area contributed by atoms with E-state index in [0.717, 1.165) is 0 Å². The molecule has 1 aromatic rings. The SMILES string of the molecule is CCNC(=O)C1CC(F)(c2ccc(CCl)c(F)c2)C1. The maximum absolute atomic E-state index is 14.5. The molecule has 0 saturated heterocycles. The Morgan fingerprint density at radius 1 is 1.53 bits per heavy atom. The summed E-state index contributed by atoms with van der Waals surface area (Å²) in [4.78, 5) is 11.5. The van der Waals surface area contributed by atoms with Gasteiger partial charge >= 0.3 is 0 Å². The topological polar surface area (TPSA) is 29.1 Å². The fourth-order valence-electron chi connectivity index (χ4n) is 2.40. The summed E-state index contributed by atoms with van der Waals surface area (Å²) in [6, 6.07) is 4.23. The summed E-state index contributed by atoms with van der Waals surface area (Å²) in [5.74, 6) is -0.882. The first-order valence-electron chi connectivity index (χ1n) is 6.31. The molecule has 1 saturated carbocycles. The van der Waals surface area contributed by atoms with Gasteiger partial charge in [0.1, 0.15) is 11.5 Å². The van der Waals surface area contributed by atoms with E-state index >= 15 is 0 Å². The van der Waals surface area contributed by atoms with Gasteiger partial charge in [-0.05, 0) is 31.4 Å². The van der Waals surface area contributed by atoms with Crippen LogP contribution in [0.25, 0.3) is 0 Å². The van der Waals surface area contributed by atoms with E-state index in [1.807, 2.05) is 6.92 Å². The van der Waals surface area contributed by atoms with E-state index in [4.69, 9.17) is 11.6 Å². The first kappa shape index (κ1) is 14.3. The summed E-state index contributed by atoms with van der Waals surface area (Å²) in [7, 11) is 0. The number of hydrogen-bond donors (Lipinski definition) is 1. The van der Waals surface area contributed by atoms with Gasteiger partial charge < -0.3 is 5.32 Å². The molecule has 0 unspecified atom stereocenters. The van der Waals surface area contributed by atoms with Crippen LogP contribution < -0.4 is 5.32 Å². The highest BCUT2D eigenvalue weighted by molar-refractivity contribution is 6.17. The van der Waals surface area contributed by atoms with Crippen molar-refractivity contribution in [3.8, 4) is 0 Å². The van der Waals surface area contributed by atoms with E-state index in [1.165, 1.54) is 12.1 Å². The number of rotatable bonds is 4. The molecule has 1 N–H and O–H groups in total. The molecule has 0 heterocycles. The molecule has 1 aromatic carbocycles. The van der Waals surface area contributed by atoms with Crippen molar-refractivity contribution in [2.75, 3.05) is 6.54 Å². The molecule has 2 rings (SSSR count). The third-order valence-corrected chi connectivity index (χ3v) is 3.86. The molecule has 19 heavy (non-hydrogen) atoms. The Labute approximate surface area is 116 Å². The number of alkyl halides is 2. The van der Waals surface area contributed by atoms with Crippen molar-refractivity contribution in [1.82, 2.24) is 5.32 Å². The molecule has 0 radical (unpaired) electrons. The second-order valence-corrected chi connectivity index (χ2v) is 5.17. The Kier molecular flexibility index (Phi) is 4.09. The number of halogens is 3. The van der Waals surface area contributed by atoms with Crippen LogP contribution in [0, 0.1) is 11.7 Å². The molecule has 0 aliphatic heterocycles. The molecular weight excluding hydrogens is 272 g/mol. The monoisotopic (exact) mass is 287 g/mol. The maximum atomic E-state index is 14.5. The van der Waals surface area contributed by atoms with Crippen LogP contribution in [-0.4, -0.2) is 12.5 Å². The van der Waals surface area contributed by atoms with Gasteiger partial charge in [0.2, 0.25) is 5.91 Å². The average Bonchev–Trinajstić information content (AvgIpc) is 2.35. The molecule has 0 aromatic heterocycles. The average molecular weight is 288 g/mol.